The molecule has 3 heteroatoms. The van der Waals surface area contributed by atoms with Gasteiger partial charge in [0.2, 0.25) is 0 Å². The van der Waals surface area contributed by atoms with E-state index in [9.17, 15) is 4.79 Å². The third-order valence-corrected chi connectivity index (χ3v) is 4.22. The maximum absolute atomic E-state index is 11.2. The van der Waals surface area contributed by atoms with Crippen molar-refractivity contribution in [2.24, 2.45) is 0 Å². The summed E-state index contributed by atoms with van der Waals surface area (Å²) >= 11 is 0. The first-order valence-corrected chi connectivity index (χ1v) is 9.15. The summed E-state index contributed by atoms with van der Waals surface area (Å²) in [5.74, 6) is 0.567. The topological polar surface area (TPSA) is 35.5 Å². The molecule has 134 valence electrons. The second-order valence-electron chi connectivity index (χ2n) is 6.24. The fraction of sp³-hybridized carbons (Fsp3) is 0.409. The second-order valence-corrected chi connectivity index (χ2v) is 6.24. The first kappa shape index (κ1) is 19.0. The molecule has 25 heavy (non-hydrogen) atoms. The van der Waals surface area contributed by atoms with E-state index in [4.69, 9.17) is 4.74 Å². The largest absolute Gasteiger partial charge is 0.494 e. The standard InChI is InChI=1S/C22H28O3/c1-3-4-5-6-7-8-15-25-21-13-12-19-16-18(9-11-20(19)17-21)10-14-22(23)24-2/h9-14,16-17H,3-8,15H2,1-2H3. The van der Waals surface area contributed by atoms with Crippen LogP contribution in [0.25, 0.3) is 16.8 Å². The molecule has 0 spiro atoms. The van der Waals surface area contributed by atoms with E-state index in [1.54, 1.807) is 6.08 Å². The van der Waals surface area contributed by atoms with Crippen molar-refractivity contribution in [3.8, 4) is 5.75 Å². The summed E-state index contributed by atoms with van der Waals surface area (Å²) in [5.41, 5.74) is 0.971. The summed E-state index contributed by atoms with van der Waals surface area (Å²) in [4.78, 5) is 11.2. The van der Waals surface area contributed by atoms with Gasteiger partial charge in [0.05, 0.1) is 13.7 Å². The Labute approximate surface area is 150 Å². The van der Waals surface area contributed by atoms with Crippen molar-refractivity contribution in [2.45, 2.75) is 45.4 Å². The van der Waals surface area contributed by atoms with Gasteiger partial charge in [-0.1, -0.05) is 57.2 Å². The molecule has 3 nitrogen and oxygen atoms in total. The van der Waals surface area contributed by atoms with Crippen LogP contribution in [0.1, 0.15) is 51.0 Å². The Morgan fingerprint density at radius 3 is 2.48 bits per heavy atom. The lowest BCUT2D eigenvalue weighted by molar-refractivity contribution is -0.134. The fourth-order valence-electron chi connectivity index (χ4n) is 2.74. The van der Waals surface area contributed by atoms with Crippen LogP contribution in [0.3, 0.4) is 0 Å². The molecule has 0 heterocycles. The Morgan fingerprint density at radius 1 is 0.960 bits per heavy atom. The van der Waals surface area contributed by atoms with Gasteiger partial charge in [-0.2, -0.15) is 0 Å². The van der Waals surface area contributed by atoms with E-state index < -0.39 is 0 Å². The molecule has 0 bridgehead atoms. The first-order valence-electron chi connectivity index (χ1n) is 9.15. The first-order chi connectivity index (χ1) is 12.2. The number of hydrogen-bond acceptors (Lipinski definition) is 3. The van der Waals surface area contributed by atoms with E-state index in [1.165, 1.54) is 45.3 Å². The van der Waals surface area contributed by atoms with Gasteiger partial charge < -0.3 is 9.47 Å². The summed E-state index contributed by atoms with van der Waals surface area (Å²) in [5, 5.41) is 2.26. The van der Waals surface area contributed by atoms with E-state index in [-0.39, 0.29) is 5.97 Å². The zero-order valence-electron chi connectivity index (χ0n) is 15.3. The van der Waals surface area contributed by atoms with Crippen LogP contribution in [0.15, 0.2) is 42.5 Å². The fourth-order valence-corrected chi connectivity index (χ4v) is 2.74. The molecule has 0 fully saturated rings. The summed E-state index contributed by atoms with van der Waals surface area (Å²) in [6, 6.07) is 12.2. The minimum absolute atomic E-state index is 0.349. The van der Waals surface area contributed by atoms with Gasteiger partial charge >= 0.3 is 5.97 Å². The maximum atomic E-state index is 11.2. The monoisotopic (exact) mass is 340 g/mol. The Balaban J connectivity index is 1.87. The van der Waals surface area contributed by atoms with Crippen molar-refractivity contribution < 1.29 is 14.3 Å². The van der Waals surface area contributed by atoms with Gasteiger partial charge in [0.1, 0.15) is 5.75 Å². The van der Waals surface area contributed by atoms with Gasteiger partial charge in [-0.3, -0.25) is 0 Å². The van der Waals surface area contributed by atoms with Crippen LogP contribution < -0.4 is 4.74 Å². The van der Waals surface area contributed by atoms with E-state index in [2.05, 4.69) is 23.8 Å². The van der Waals surface area contributed by atoms with E-state index >= 15 is 0 Å². The average Bonchev–Trinajstić information content (AvgIpc) is 2.65. The van der Waals surface area contributed by atoms with Crippen LogP contribution in [0.4, 0.5) is 0 Å². The van der Waals surface area contributed by atoms with Gasteiger partial charge in [0.15, 0.2) is 0 Å². The molecule has 0 aliphatic carbocycles. The number of ether oxygens (including phenoxy) is 2. The van der Waals surface area contributed by atoms with Crippen molar-refractivity contribution in [1.29, 1.82) is 0 Å². The number of carbonyl (C=O) groups is 1. The Kier molecular flexibility index (Phi) is 8.03. The van der Waals surface area contributed by atoms with Crippen LogP contribution >= 0.6 is 0 Å². The highest BCUT2D eigenvalue weighted by Gasteiger charge is 2.00. The molecule has 2 aromatic rings. The van der Waals surface area contributed by atoms with Crippen LogP contribution in [-0.2, 0) is 9.53 Å². The lowest BCUT2D eigenvalue weighted by atomic mass is 10.1. The van der Waals surface area contributed by atoms with Crippen LogP contribution in [0, 0.1) is 0 Å². The molecular formula is C22H28O3. The summed E-state index contributed by atoms with van der Waals surface area (Å²) < 4.78 is 10.5. The second kappa shape index (κ2) is 10.5. The third-order valence-electron chi connectivity index (χ3n) is 4.22. The molecule has 0 aliphatic rings. The van der Waals surface area contributed by atoms with Gasteiger partial charge in [0, 0.05) is 6.08 Å². The number of unbranched alkanes of at least 4 members (excludes halogenated alkanes) is 5. The summed E-state index contributed by atoms with van der Waals surface area (Å²) in [6.45, 7) is 3.01. The van der Waals surface area contributed by atoms with Crippen LogP contribution in [0.5, 0.6) is 5.75 Å². The normalized spacial score (nSPS) is 11.1. The zero-order chi connectivity index (χ0) is 17.9. The SMILES string of the molecule is CCCCCCCCOc1ccc2cc(C=CC(=O)OC)ccc2c1. The van der Waals surface area contributed by atoms with Crippen molar-refractivity contribution in [3.63, 3.8) is 0 Å². The van der Waals surface area contributed by atoms with E-state index in [0.717, 1.165) is 35.1 Å². The smallest absolute Gasteiger partial charge is 0.330 e. The molecule has 0 N–H and O–H groups in total. The Morgan fingerprint density at radius 2 is 1.68 bits per heavy atom. The minimum Gasteiger partial charge on any atom is -0.494 e. The average molecular weight is 340 g/mol. The molecule has 0 amide bonds. The molecular weight excluding hydrogens is 312 g/mol. The molecule has 2 rings (SSSR count). The number of hydrogen-bond donors (Lipinski definition) is 0. The summed E-state index contributed by atoms with van der Waals surface area (Å²) in [7, 11) is 1.37. The van der Waals surface area contributed by atoms with Crippen molar-refractivity contribution in [2.75, 3.05) is 13.7 Å². The molecule has 0 saturated heterocycles. The molecule has 0 radical (unpaired) electrons. The molecule has 0 aliphatic heterocycles. The van der Waals surface area contributed by atoms with Crippen molar-refractivity contribution >= 4 is 22.8 Å². The Bertz CT molecular complexity index is 703. The van der Waals surface area contributed by atoms with E-state index in [1.807, 2.05) is 24.3 Å². The molecule has 0 atom stereocenters. The van der Waals surface area contributed by atoms with Gasteiger partial charge in [0.25, 0.3) is 0 Å². The highest BCUT2D eigenvalue weighted by molar-refractivity contribution is 5.90. The maximum Gasteiger partial charge on any atom is 0.330 e. The lowest BCUT2D eigenvalue weighted by Gasteiger charge is -2.08. The van der Waals surface area contributed by atoms with Gasteiger partial charge in [-0.05, 0) is 47.0 Å². The number of esters is 1. The van der Waals surface area contributed by atoms with Crippen molar-refractivity contribution in [1.82, 2.24) is 0 Å². The molecule has 0 unspecified atom stereocenters. The lowest BCUT2D eigenvalue weighted by Crippen LogP contribution is -1.97. The zero-order valence-corrected chi connectivity index (χ0v) is 15.3. The number of carbonyl (C=O) groups excluding carboxylic acids is 1. The summed E-state index contributed by atoms with van der Waals surface area (Å²) in [6.07, 6.45) is 10.8. The number of benzene rings is 2. The minimum atomic E-state index is -0.349. The van der Waals surface area contributed by atoms with Gasteiger partial charge in [-0.15, -0.1) is 0 Å². The van der Waals surface area contributed by atoms with Crippen LogP contribution in [0.2, 0.25) is 0 Å². The third kappa shape index (κ3) is 6.61. The molecule has 0 aromatic heterocycles. The number of methoxy groups -OCH3 is 1. The quantitative estimate of drug-likeness (QED) is 0.313. The molecule has 0 saturated carbocycles. The number of rotatable bonds is 10. The number of fused-ring (bicyclic) bond motifs is 1. The van der Waals surface area contributed by atoms with Crippen LogP contribution in [-0.4, -0.2) is 19.7 Å². The Hall–Kier alpha value is -2.29. The predicted molar refractivity (Wildman–Crippen MR) is 104 cm³/mol. The highest BCUT2D eigenvalue weighted by atomic mass is 16.5. The molecule has 2 aromatic carbocycles. The highest BCUT2D eigenvalue weighted by Crippen LogP contribution is 2.23. The van der Waals surface area contributed by atoms with Crippen molar-refractivity contribution in [3.05, 3.63) is 48.0 Å². The van der Waals surface area contributed by atoms with Gasteiger partial charge in [-0.25, -0.2) is 4.79 Å². The van der Waals surface area contributed by atoms with E-state index in [0.29, 0.717) is 0 Å². The predicted octanol–water partition coefficient (Wildman–Crippen LogP) is 5.77.